The first-order valence-electron chi connectivity index (χ1n) is 6.31. The molecule has 0 aliphatic carbocycles. The van der Waals surface area contributed by atoms with Crippen LogP contribution >= 0.6 is 0 Å². The smallest absolute Gasteiger partial charge is 0.274 e. The van der Waals surface area contributed by atoms with Gasteiger partial charge in [-0.1, -0.05) is 34.6 Å². The minimum atomic E-state index is -0.0725. The first-order valence-corrected chi connectivity index (χ1v) is 6.31. The number of aromatic nitrogens is 2. The molecule has 4 heteroatoms. The highest BCUT2D eigenvalue weighted by molar-refractivity contribution is 5.91. The number of rotatable bonds is 3. The van der Waals surface area contributed by atoms with E-state index < -0.39 is 0 Å². The van der Waals surface area contributed by atoms with Crippen molar-refractivity contribution in [2.24, 2.45) is 5.92 Å². The summed E-state index contributed by atoms with van der Waals surface area (Å²) < 4.78 is 0. The van der Waals surface area contributed by atoms with Gasteiger partial charge < -0.3 is 4.90 Å². The number of carbonyl (C=O) groups excluding carboxylic acids is 1. The van der Waals surface area contributed by atoms with Crippen LogP contribution in [0.1, 0.15) is 50.8 Å². The lowest BCUT2D eigenvalue weighted by atomic mass is 9.92. The van der Waals surface area contributed by atoms with Gasteiger partial charge in [-0.2, -0.15) is 5.10 Å². The molecule has 1 amide bonds. The first-order chi connectivity index (χ1) is 8.21. The van der Waals surface area contributed by atoms with Gasteiger partial charge in [0, 0.05) is 19.0 Å². The quantitative estimate of drug-likeness (QED) is 0.827. The van der Waals surface area contributed by atoms with E-state index in [1.54, 1.807) is 18.0 Å². The average Bonchev–Trinajstić information content (AvgIpc) is 2.26. The van der Waals surface area contributed by atoms with E-state index >= 15 is 0 Å². The van der Waals surface area contributed by atoms with Crippen molar-refractivity contribution in [2.75, 3.05) is 13.6 Å². The molecule has 0 aromatic carbocycles. The molecule has 1 heterocycles. The molecule has 0 atom stereocenters. The van der Waals surface area contributed by atoms with Crippen molar-refractivity contribution in [3.05, 3.63) is 23.5 Å². The normalized spacial score (nSPS) is 11.7. The van der Waals surface area contributed by atoms with Crippen LogP contribution in [0.4, 0.5) is 0 Å². The lowest BCUT2D eigenvalue weighted by molar-refractivity contribution is 0.0772. The number of hydrogen-bond acceptors (Lipinski definition) is 3. The summed E-state index contributed by atoms with van der Waals surface area (Å²) in [6.07, 6.45) is 0. The molecule has 18 heavy (non-hydrogen) atoms. The largest absolute Gasteiger partial charge is 0.340 e. The van der Waals surface area contributed by atoms with Crippen LogP contribution in [-0.4, -0.2) is 34.6 Å². The third kappa shape index (κ3) is 3.79. The van der Waals surface area contributed by atoms with E-state index in [0.29, 0.717) is 11.6 Å². The second-order valence-electron chi connectivity index (χ2n) is 6.13. The lowest BCUT2D eigenvalue weighted by Gasteiger charge is -2.20. The minimum absolute atomic E-state index is 0.0432. The Morgan fingerprint density at radius 3 is 2.28 bits per heavy atom. The zero-order valence-corrected chi connectivity index (χ0v) is 12.2. The van der Waals surface area contributed by atoms with Crippen LogP contribution in [0, 0.1) is 5.92 Å². The van der Waals surface area contributed by atoms with Crippen molar-refractivity contribution in [3.8, 4) is 0 Å². The summed E-state index contributed by atoms with van der Waals surface area (Å²) in [6.45, 7) is 11.1. The van der Waals surface area contributed by atoms with Crippen LogP contribution < -0.4 is 0 Å². The second-order valence-corrected chi connectivity index (χ2v) is 6.13. The predicted molar refractivity (Wildman–Crippen MR) is 72.5 cm³/mol. The van der Waals surface area contributed by atoms with Gasteiger partial charge in [-0.3, -0.25) is 4.79 Å². The molecule has 1 rings (SSSR count). The third-order valence-electron chi connectivity index (χ3n) is 2.64. The minimum Gasteiger partial charge on any atom is -0.340 e. The number of amides is 1. The fraction of sp³-hybridized carbons (Fsp3) is 0.643. The van der Waals surface area contributed by atoms with Gasteiger partial charge in [0.15, 0.2) is 5.69 Å². The topological polar surface area (TPSA) is 46.1 Å². The van der Waals surface area contributed by atoms with Crippen molar-refractivity contribution >= 4 is 5.91 Å². The third-order valence-corrected chi connectivity index (χ3v) is 2.64. The van der Waals surface area contributed by atoms with E-state index in [2.05, 4.69) is 44.8 Å². The van der Waals surface area contributed by atoms with Crippen LogP contribution in [0.25, 0.3) is 0 Å². The van der Waals surface area contributed by atoms with Crippen LogP contribution in [0.15, 0.2) is 12.1 Å². The number of hydrogen-bond donors (Lipinski definition) is 0. The van der Waals surface area contributed by atoms with Gasteiger partial charge in [-0.15, -0.1) is 5.10 Å². The van der Waals surface area contributed by atoms with Gasteiger partial charge in [0.05, 0.1) is 5.69 Å². The van der Waals surface area contributed by atoms with Gasteiger partial charge in [0.1, 0.15) is 0 Å². The summed E-state index contributed by atoms with van der Waals surface area (Å²) in [6, 6.07) is 3.64. The van der Waals surface area contributed by atoms with Gasteiger partial charge in [0.25, 0.3) is 5.91 Å². The van der Waals surface area contributed by atoms with Crippen molar-refractivity contribution in [2.45, 2.75) is 40.0 Å². The zero-order valence-electron chi connectivity index (χ0n) is 12.2. The van der Waals surface area contributed by atoms with Crippen LogP contribution in [0.3, 0.4) is 0 Å². The van der Waals surface area contributed by atoms with Gasteiger partial charge in [0.2, 0.25) is 0 Å². The Hall–Kier alpha value is -1.45. The molecule has 0 radical (unpaired) electrons. The molecule has 0 N–H and O–H groups in total. The average molecular weight is 249 g/mol. The lowest BCUT2D eigenvalue weighted by Crippen LogP contribution is -2.31. The fourth-order valence-corrected chi connectivity index (χ4v) is 1.67. The molecule has 0 saturated heterocycles. The van der Waals surface area contributed by atoms with Crippen molar-refractivity contribution in [1.82, 2.24) is 15.1 Å². The summed E-state index contributed by atoms with van der Waals surface area (Å²) in [5.41, 5.74) is 1.26. The van der Waals surface area contributed by atoms with E-state index in [1.807, 2.05) is 6.07 Å². The molecular formula is C14H23N3O. The SMILES string of the molecule is CC(C)CN(C)C(=O)c1ccc(C(C)(C)C)nn1. The molecule has 0 fully saturated rings. The molecule has 0 spiro atoms. The summed E-state index contributed by atoms with van der Waals surface area (Å²) >= 11 is 0. The van der Waals surface area contributed by atoms with Crippen LogP contribution in [0.5, 0.6) is 0 Å². The molecule has 1 aromatic rings. The fourth-order valence-electron chi connectivity index (χ4n) is 1.67. The maximum atomic E-state index is 12.1. The highest BCUT2D eigenvalue weighted by atomic mass is 16.2. The molecule has 0 saturated carbocycles. The molecule has 1 aromatic heterocycles. The van der Waals surface area contributed by atoms with E-state index in [0.717, 1.165) is 12.2 Å². The van der Waals surface area contributed by atoms with Gasteiger partial charge >= 0.3 is 0 Å². The standard InChI is InChI=1S/C14H23N3O/c1-10(2)9-17(6)13(18)11-7-8-12(16-15-11)14(3,4)5/h7-8,10H,9H2,1-6H3. The van der Waals surface area contributed by atoms with Gasteiger partial charge in [-0.05, 0) is 18.1 Å². The molecule has 4 nitrogen and oxygen atoms in total. The second kappa shape index (κ2) is 5.46. The number of carbonyl (C=O) groups is 1. The summed E-state index contributed by atoms with van der Waals surface area (Å²) in [5.74, 6) is 0.373. The highest BCUT2D eigenvalue weighted by Crippen LogP contribution is 2.18. The Morgan fingerprint density at radius 1 is 1.28 bits per heavy atom. The van der Waals surface area contributed by atoms with E-state index in [4.69, 9.17) is 0 Å². The Balaban J connectivity index is 2.82. The molecule has 0 aliphatic heterocycles. The van der Waals surface area contributed by atoms with E-state index in [1.165, 1.54) is 0 Å². The molecule has 0 unspecified atom stereocenters. The van der Waals surface area contributed by atoms with Crippen molar-refractivity contribution in [3.63, 3.8) is 0 Å². The van der Waals surface area contributed by atoms with Crippen LogP contribution in [0.2, 0.25) is 0 Å². The van der Waals surface area contributed by atoms with Crippen molar-refractivity contribution in [1.29, 1.82) is 0 Å². The van der Waals surface area contributed by atoms with E-state index in [-0.39, 0.29) is 11.3 Å². The number of nitrogens with zero attached hydrogens (tertiary/aromatic N) is 3. The van der Waals surface area contributed by atoms with Gasteiger partial charge in [-0.25, -0.2) is 0 Å². The van der Waals surface area contributed by atoms with E-state index in [9.17, 15) is 4.79 Å². The molecular weight excluding hydrogens is 226 g/mol. The Kier molecular flexibility index (Phi) is 4.43. The highest BCUT2D eigenvalue weighted by Gasteiger charge is 2.19. The first kappa shape index (κ1) is 14.6. The molecule has 0 bridgehead atoms. The zero-order chi connectivity index (χ0) is 13.9. The molecule has 0 aliphatic rings. The Morgan fingerprint density at radius 2 is 1.89 bits per heavy atom. The monoisotopic (exact) mass is 249 g/mol. The summed E-state index contributed by atoms with van der Waals surface area (Å²) in [7, 11) is 1.79. The van der Waals surface area contributed by atoms with Crippen molar-refractivity contribution < 1.29 is 4.79 Å². The maximum Gasteiger partial charge on any atom is 0.274 e. The summed E-state index contributed by atoms with van der Waals surface area (Å²) in [4.78, 5) is 13.8. The molecule has 100 valence electrons. The Labute approximate surface area is 109 Å². The summed E-state index contributed by atoms with van der Waals surface area (Å²) in [5, 5.41) is 8.17. The van der Waals surface area contributed by atoms with Crippen LogP contribution in [-0.2, 0) is 5.41 Å². The maximum absolute atomic E-state index is 12.1. The predicted octanol–water partition coefficient (Wildman–Crippen LogP) is 2.50. The Bertz CT molecular complexity index is 404.